The largest absolute Gasteiger partial charge is 0.310 e. The van der Waals surface area contributed by atoms with E-state index in [1.807, 2.05) is 24.3 Å². The highest BCUT2D eigenvalue weighted by molar-refractivity contribution is 6.36. The molecule has 1 heterocycles. The lowest BCUT2D eigenvalue weighted by Crippen LogP contribution is -2.10. The third kappa shape index (κ3) is 4.51. The second-order valence-corrected chi connectivity index (χ2v) is 11.7. The summed E-state index contributed by atoms with van der Waals surface area (Å²) in [5, 5.41) is 6.02. The highest BCUT2D eigenvalue weighted by atomic mass is 35.5. The number of aromatic nitrogens is 1. The molecule has 0 bridgehead atoms. The molecule has 0 aliphatic carbocycles. The molecule has 4 heteroatoms. The van der Waals surface area contributed by atoms with Gasteiger partial charge in [-0.15, -0.1) is 0 Å². The van der Waals surface area contributed by atoms with Gasteiger partial charge < -0.3 is 9.47 Å². The SMILES string of the molecule is Clc1ccc(N(c2ccc(-c3ccc4c(c3)c3ccccc3n4-c3ccccc3)cc2)c2ccc(Cl)c3ccccc23)cc1. The Morgan fingerprint density at radius 3 is 1.77 bits per heavy atom. The summed E-state index contributed by atoms with van der Waals surface area (Å²) in [6.07, 6.45) is 0. The van der Waals surface area contributed by atoms with E-state index < -0.39 is 0 Å². The molecule has 0 aliphatic rings. The normalized spacial score (nSPS) is 11.4. The van der Waals surface area contributed by atoms with Crippen LogP contribution in [0, 0.1) is 0 Å². The van der Waals surface area contributed by atoms with Crippen LogP contribution < -0.4 is 4.90 Å². The number of halogens is 2. The van der Waals surface area contributed by atoms with Crippen LogP contribution in [0.15, 0.2) is 158 Å². The Labute approximate surface area is 265 Å². The van der Waals surface area contributed by atoms with Crippen LogP contribution in [-0.2, 0) is 0 Å². The van der Waals surface area contributed by atoms with Crippen molar-refractivity contribution >= 4 is 72.8 Å². The maximum atomic E-state index is 6.61. The molecule has 8 rings (SSSR count). The predicted molar refractivity (Wildman–Crippen MR) is 188 cm³/mol. The molecule has 8 aromatic rings. The van der Waals surface area contributed by atoms with E-state index in [2.05, 4.69) is 143 Å². The quantitative estimate of drug-likeness (QED) is 0.189. The number of anilines is 3. The van der Waals surface area contributed by atoms with Crippen molar-refractivity contribution in [3.63, 3.8) is 0 Å². The highest BCUT2D eigenvalue weighted by Gasteiger charge is 2.17. The van der Waals surface area contributed by atoms with Crippen molar-refractivity contribution in [1.29, 1.82) is 0 Å². The van der Waals surface area contributed by atoms with Gasteiger partial charge in [0.1, 0.15) is 0 Å². The van der Waals surface area contributed by atoms with Crippen LogP contribution in [0.3, 0.4) is 0 Å². The van der Waals surface area contributed by atoms with E-state index in [1.165, 1.54) is 27.4 Å². The molecule has 0 fully saturated rings. The van der Waals surface area contributed by atoms with Crippen molar-refractivity contribution in [3.05, 3.63) is 168 Å². The van der Waals surface area contributed by atoms with Crippen molar-refractivity contribution in [2.75, 3.05) is 4.90 Å². The predicted octanol–water partition coefficient (Wildman–Crippen LogP) is 12.4. The maximum absolute atomic E-state index is 6.61. The molecule has 1 aromatic heterocycles. The Hall–Kier alpha value is -5.02. The number of hydrogen-bond donors (Lipinski definition) is 0. The van der Waals surface area contributed by atoms with Crippen LogP contribution in [0.4, 0.5) is 17.1 Å². The molecule has 0 radical (unpaired) electrons. The van der Waals surface area contributed by atoms with E-state index in [9.17, 15) is 0 Å². The first-order valence-corrected chi connectivity index (χ1v) is 15.3. The summed E-state index contributed by atoms with van der Waals surface area (Å²) < 4.78 is 2.35. The number of nitrogens with zero attached hydrogens (tertiary/aromatic N) is 2. The van der Waals surface area contributed by atoms with E-state index in [-0.39, 0.29) is 0 Å². The summed E-state index contributed by atoms with van der Waals surface area (Å²) in [6.45, 7) is 0. The van der Waals surface area contributed by atoms with Crippen LogP contribution in [0.25, 0.3) is 49.4 Å². The smallest absolute Gasteiger partial charge is 0.0541 e. The van der Waals surface area contributed by atoms with Gasteiger partial charge in [0.05, 0.1) is 16.7 Å². The Bertz CT molecular complexity index is 2290. The minimum Gasteiger partial charge on any atom is -0.310 e. The zero-order chi connectivity index (χ0) is 29.6. The molecule has 44 heavy (non-hydrogen) atoms. The van der Waals surface area contributed by atoms with Gasteiger partial charge >= 0.3 is 0 Å². The van der Waals surface area contributed by atoms with Crippen molar-refractivity contribution < 1.29 is 0 Å². The average molecular weight is 606 g/mol. The van der Waals surface area contributed by atoms with Crippen molar-refractivity contribution in [2.45, 2.75) is 0 Å². The second-order valence-electron chi connectivity index (χ2n) is 10.9. The Morgan fingerprint density at radius 1 is 0.432 bits per heavy atom. The fourth-order valence-corrected chi connectivity index (χ4v) is 6.62. The minimum atomic E-state index is 0.703. The standard InChI is InChI=1S/C40H26Cl2N2/c41-29-17-21-32(22-18-29)43(39-25-23-37(42)33-10-4-5-11-34(33)39)31-19-14-27(15-20-31)28-16-24-40-36(26-28)35-12-6-7-13-38(35)44(40)30-8-2-1-3-9-30/h1-26H. The maximum Gasteiger partial charge on any atom is 0.0541 e. The van der Waals surface area contributed by atoms with Crippen molar-refractivity contribution in [3.8, 4) is 16.8 Å². The van der Waals surface area contributed by atoms with E-state index in [0.717, 1.165) is 44.1 Å². The lowest BCUT2D eigenvalue weighted by molar-refractivity contribution is 1.18. The van der Waals surface area contributed by atoms with E-state index >= 15 is 0 Å². The van der Waals surface area contributed by atoms with Gasteiger partial charge in [-0.3, -0.25) is 0 Å². The first kappa shape index (κ1) is 26.6. The summed E-state index contributed by atoms with van der Waals surface area (Å²) in [5.41, 5.74) is 9.01. The fourth-order valence-electron chi connectivity index (χ4n) is 6.27. The van der Waals surface area contributed by atoms with Gasteiger partial charge in [-0.2, -0.15) is 0 Å². The first-order chi connectivity index (χ1) is 21.7. The zero-order valence-corrected chi connectivity index (χ0v) is 25.2. The minimum absolute atomic E-state index is 0.703. The molecular weight excluding hydrogens is 579 g/mol. The van der Waals surface area contributed by atoms with E-state index in [4.69, 9.17) is 23.2 Å². The third-order valence-electron chi connectivity index (χ3n) is 8.32. The summed E-state index contributed by atoms with van der Waals surface area (Å²) in [4.78, 5) is 2.26. The summed E-state index contributed by atoms with van der Waals surface area (Å²) >= 11 is 12.9. The van der Waals surface area contributed by atoms with Gasteiger partial charge in [-0.05, 0) is 90.0 Å². The first-order valence-electron chi connectivity index (χ1n) is 14.6. The molecule has 0 saturated heterocycles. The Kier molecular flexibility index (Phi) is 6.60. The third-order valence-corrected chi connectivity index (χ3v) is 8.90. The molecule has 0 aliphatic heterocycles. The number of fused-ring (bicyclic) bond motifs is 4. The van der Waals surface area contributed by atoms with Gasteiger partial charge in [0.15, 0.2) is 0 Å². The van der Waals surface area contributed by atoms with Gasteiger partial charge in [0.25, 0.3) is 0 Å². The molecule has 0 saturated carbocycles. The van der Waals surface area contributed by atoms with Crippen LogP contribution in [0.1, 0.15) is 0 Å². The van der Waals surface area contributed by atoms with Gasteiger partial charge in [-0.1, -0.05) is 102 Å². The van der Waals surface area contributed by atoms with Crippen molar-refractivity contribution in [1.82, 2.24) is 4.57 Å². The van der Waals surface area contributed by atoms with Gasteiger partial charge in [-0.25, -0.2) is 0 Å². The molecule has 0 spiro atoms. The van der Waals surface area contributed by atoms with Crippen LogP contribution >= 0.6 is 23.2 Å². The Balaban J connectivity index is 1.25. The zero-order valence-electron chi connectivity index (χ0n) is 23.7. The average Bonchev–Trinajstić information content (AvgIpc) is 3.41. The monoisotopic (exact) mass is 604 g/mol. The summed E-state index contributed by atoms with van der Waals surface area (Å²) in [7, 11) is 0. The number of para-hydroxylation sites is 2. The lowest BCUT2D eigenvalue weighted by atomic mass is 10.0. The van der Waals surface area contributed by atoms with E-state index in [0.29, 0.717) is 5.02 Å². The molecule has 0 N–H and O–H groups in total. The lowest BCUT2D eigenvalue weighted by Gasteiger charge is -2.27. The van der Waals surface area contributed by atoms with Gasteiger partial charge in [0.2, 0.25) is 0 Å². The van der Waals surface area contributed by atoms with Crippen LogP contribution in [0.5, 0.6) is 0 Å². The molecule has 0 unspecified atom stereocenters. The number of hydrogen-bond acceptors (Lipinski definition) is 1. The van der Waals surface area contributed by atoms with Crippen molar-refractivity contribution in [2.24, 2.45) is 0 Å². The molecule has 0 amide bonds. The summed E-state index contributed by atoms with van der Waals surface area (Å²) in [6, 6.07) is 55.0. The van der Waals surface area contributed by atoms with E-state index in [1.54, 1.807) is 0 Å². The molecule has 7 aromatic carbocycles. The van der Waals surface area contributed by atoms with Crippen LogP contribution in [-0.4, -0.2) is 4.57 Å². The molecule has 2 nitrogen and oxygen atoms in total. The number of rotatable bonds is 5. The number of benzene rings is 7. The topological polar surface area (TPSA) is 8.17 Å². The second kappa shape index (κ2) is 10.9. The molecular formula is C40H26Cl2N2. The summed E-state index contributed by atoms with van der Waals surface area (Å²) in [5.74, 6) is 0. The van der Waals surface area contributed by atoms with Gasteiger partial charge in [0, 0.05) is 48.7 Å². The molecule has 0 atom stereocenters. The molecule has 210 valence electrons. The Morgan fingerprint density at radius 2 is 1.02 bits per heavy atom. The fraction of sp³-hybridized carbons (Fsp3) is 0. The highest BCUT2D eigenvalue weighted by Crippen LogP contribution is 2.42. The van der Waals surface area contributed by atoms with Crippen LogP contribution in [0.2, 0.25) is 10.0 Å².